The van der Waals surface area contributed by atoms with Crippen LogP contribution in [0.15, 0.2) is 30.3 Å². The van der Waals surface area contributed by atoms with E-state index in [0.717, 1.165) is 43.5 Å². The van der Waals surface area contributed by atoms with Crippen molar-refractivity contribution in [1.82, 2.24) is 4.57 Å². The Morgan fingerprint density at radius 2 is 1.92 bits per heavy atom. The number of hydrogen-bond donors (Lipinski definition) is 0. The van der Waals surface area contributed by atoms with E-state index in [-0.39, 0.29) is 11.5 Å². The molecule has 0 N–H and O–H groups in total. The van der Waals surface area contributed by atoms with Crippen molar-refractivity contribution < 1.29 is 9.72 Å². The lowest BCUT2D eigenvalue weighted by Crippen LogP contribution is -2.14. The van der Waals surface area contributed by atoms with Crippen LogP contribution in [0.4, 0.5) is 5.69 Å². The van der Waals surface area contributed by atoms with Gasteiger partial charge in [0.2, 0.25) is 5.78 Å². The molecular formula is C19H24N2O3. The first-order valence-corrected chi connectivity index (χ1v) is 8.53. The van der Waals surface area contributed by atoms with Crippen LogP contribution in [0.25, 0.3) is 0 Å². The summed E-state index contributed by atoms with van der Waals surface area (Å²) in [7, 11) is 0. The molecule has 0 saturated heterocycles. The SMILES string of the molecule is CCCCn1c(CC)cc(CC)c1C(=O)c1cccc([N+](=O)[O-])c1. The van der Waals surface area contributed by atoms with Gasteiger partial charge in [0.1, 0.15) is 0 Å². The van der Waals surface area contributed by atoms with Crippen molar-refractivity contribution in [3.05, 3.63) is 63.0 Å². The number of benzene rings is 1. The highest BCUT2D eigenvalue weighted by atomic mass is 16.6. The molecule has 0 bridgehead atoms. The van der Waals surface area contributed by atoms with E-state index in [9.17, 15) is 14.9 Å². The van der Waals surface area contributed by atoms with E-state index in [1.165, 1.54) is 12.1 Å². The normalized spacial score (nSPS) is 10.8. The van der Waals surface area contributed by atoms with E-state index in [4.69, 9.17) is 0 Å². The number of hydrogen-bond acceptors (Lipinski definition) is 3. The molecule has 1 heterocycles. The van der Waals surface area contributed by atoms with Crippen molar-refractivity contribution in [3.8, 4) is 0 Å². The van der Waals surface area contributed by atoms with Gasteiger partial charge in [-0.2, -0.15) is 0 Å². The van der Waals surface area contributed by atoms with Crippen molar-refractivity contribution >= 4 is 11.5 Å². The van der Waals surface area contributed by atoms with E-state index in [2.05, 4.69) is 24.5 Å². The second-order valence-corrected chi connectivity index (χ2v) is 5.86. The fourth-order valence-corrected chi connectivity index (χ4v) is 2.96. The summed E-state index contributed by atoms with van der Waals surface area (Å²) in [6, 6.07) is 8.09. The average molecular weight is 328 g/mol. The van der Waals surface area contributed by atoms with Gasteiger partial charge in [-0.05, 0) is 30.9 Å². The second kappa shape index (κ2) is 7.90. The van der Waals surface area contributed by atoms with Gasteiger partial charge in [-0.15, -0.1) is 0 Å². The van der Waals surface area contributed by atoms with Crippen LogP contribution in [0.1, 0.15) is 60.9 Å². The molecule has 0 unspecified atom stereocenters. The molecule has 2 rings (SSSR count). The maximum absolute atomic E-state index is 13.1. The summed E-state index contributed by atoms with van der Waals surface area (Å²) >= 11 is 0. The minimum absolute atomic E-state index is 0.0544. The van der Waals surface area contributed by atoms with Gasteiger partial charge in [0.15, 0.2) is 0 Å². The molecule has 1 aromatic heterocycles. The monoisotopic (exact) mass is 328 g/mol. The summed E-state index contributed by atoms with van der Waals surface area (Å²) in [4.78, 5) is 23.6. The summed E-state index contributed by atoms with van der Waals surface area (Å²) in [5.74, 6) is -0.133. The zero-order valence-corrected chi connectivity index (χ0v) is 14.5. The highest BCUT2D eigenvalue weighted by molar-refractivity contribution is 6.09. The number of non-ortho nitro benzene ring substituents is 1. The Morgan fingerprint density at radius 1 is 1.17 bits per heavy atom. The van der Waals surface area contributed by atoms with Gasteiger partial charge in [0, 0.05) is 29.9 Å². The molecular weight excluding hydrogens is 304 g/mol. The fourth-order valence-electron chi connectivity index (χ4n) is 2.96. The fraction of sp³-hybridized carbons (Fsp3) is 0.421. The lowest BCUT2D eigenvalue weighted by molar-refractivity contribution is -0.384. The van der Waals surface area contributed by atoms with Crippen molar-refractivity contribution in [1.29, 1.82) is 0 Å². The number of nitro groups is 1. The van der Waals surface area contributed by atoms with Gasteiger partial charge in [0.25, 0.3) is 5.69 Å². The Kier molecular flexibility index (Phi) is 5.90. The second-order valence-electron chi connectivity index (χ2n) is 5.86. The van der Waals surface area contributed by atoms with E-state index in [1.54, 1.807) is 12.1 Å². The molecule has 2 aromatic rings. The molecule has 0 radical (unpaired) electrons. The quantitative estimate of drug-likeness (QED) is 0.405. The predicted octanol–water partition coefficient (Wildman–Crippen LogP) is 4.55. The molecule has 1 aromatic carbocycles. The zero-order chi connectivity index (χ0) is 17.7. The van der Waals surface area contributed by atoms with Gasteiger partial charge in [0.05, 0.1) is 10.6 Å². The first-order valence-electron chi connectivity index (χ1n) is 8.53. The number of ketones is 1. The minimum Gasteiger partial charge on any atom is -0.342 e. The van der Waals surface area contributed by atoms with Crippen molar-refractivity contribution in [2.45, 2.75) is 53.0 Å². The molecule has 0 aliphatic carbocycles. The summed E-state index contributed by atoms with van der Waals surface area (Å²) in [5, 5.41) is 11.0. The van der Waals surface area contributed by atoms with Gasteiger partial charge >= 0.3 is 0 Å². The van der Waals surface area contributed by atoms with Gasteiger partial charge in [-0.3, -0.25) is 14.9 Å². The third-order valence-electron chi connectivity index (χ3n) is 4.27. The molecule has 5 heteroatoms. The molecule has 0 atom stereocenters. The number of carbonyl (C=O) groups is 1. The third-order valence-corrected chi connectivity index (χ3v) is 4.27. The van der Waals surface area contributed by atoms with Crippen LogP contribution in [-0.2, 0) is 19.4 Å². The topological polar surface area (TPSA) is 65.1 Å². The predicted molar refractivity (Wildman–Crippen MR) is 94.6 cm³/mol. The summed E-state index contributed by atoms with van der Waals surface area (Å²) in [5.41, 5.74) is 3.16. The first-order chi connectivity index (χ1) is 11.5. The standard InChI is InChI=1S/C19H24N2O3/c1-4-7-11-20-16(6-3)12-14(5-2)18(20)19(22)15-9-8-10-17(13-15)21(23)24/h8-10,12-13H,4-7,11H2,1-3H3. The molecule has 5 nitrogen and oxygen atoms in total. The maximum Gasteiger partial charge on any atom is 0.270 e. The molecule has 0 saturated carbocycles. The number of nitro benzene ring substituents is 1. The van der Waals surface area contributed by atoms with Crippen LogP contribution >= 0.6 is 0 Å². The summed E-state index contributed by atoms with van der Waals surface area (Å²) in [6.45, 7) is 7.04. The summed E-state index contributed by atoms with van der Waals surface area (Å²) in [6.07, 6.45) is 3.67. The van der Waals surface area contributed by atoms with Crippen molar-refractivity contribution in [3.63, 3.8) is 0 Å². The summed E-state index contributed by atoms with van der Waals surface area (Å²) < 4.78 is 2.10. The van der Waals surface area contributed by atoms with Crippen LogP contribution < -0.4 is 0 Å². The molecule has 0 fully saturated rings. The van der Waals surface area contributed by atoms with Crippen LogP contribution in [0.5, 0.6) is 0 Å². The van der Waals surface area contributed by atoms with E-state index in [1.807, 2.05) is 6.92 Å². The van der Waals surface area contributed by atoms with Gasteiger partial charge in [-0.1, -0.05) is 39.3 Å². The van der Waals surface area contributed by atoms with Crippen molar-refractivity contribution in [2.24, 2.45) is 0 Å². The minimum atomic E-state index is -0.467. The Morgan fingerprint density at radius 3 is 2.50 bits per heavy atom. The average Bonchev–Trinajstić information content (AvgIpc) is 2.96. The number of aromatic nitrogens is 1. The van der Waals surface area contributed by atoms with Crippen LogP contribution in [0.3, 0.4) is 0 Å². The highest BCUT2D eigenvalue weighted by Gasteiger charge is 2.22. The molecule has 0 amide bonds. The number of unbranched alkanes of at least 4 members (excludes halogenated alkanes) is 1. The smallest absolute Gasteiger partial charge is 0.270 e. The van der Waals surface area contributed by atoms with E-state index >= 15 is 0 Å². The van der Waals surface area contributed by atoms with Crippen LogP contribution in [-0.4, -0.2) is 15.3 Å². The Labute approximate surface area is 142 Å². The van der Waals surface area contributed by atoms with Crippen LogP contribution in [0, 0.1) is 10.1 Å². The number of rotatable bonds is 8. The van der Waals surface area contributed by atoms with Gasteiger partial charge in [-0.25, -0.2) is 0 Å². The van der Waals surface area contributed by atoms with E-state index in [0.29, 0.717) is 11.3 Å². The Balaban J connectivity index is 2.53. The number of carbonyl (C=O) groups excluding carboxylic acids is 1. The molecule has 0 aliphatic heterocycles. The molecule has 0 spiro atoms. The number of nitrogens with zero attached hydrogens (tertiary/aromatic N) is 2. The lowest BCUT2D eigenvalue weighted by Gasteiger charge is -2.13. The molecule has 0 aliphatic rings. The zero-order valence-electron chi connectivity index (χ0n) is 14.5. The molecule has 128 valence electrons. The Hall–Kier alpha value is -2.43. The van der Waals surface area contributed by atoms with E-state index < -0.39 is 4.92 Å². The highest BCUT2D eigenvalue weighted by Crippen LogP contribution is 2.24. The largest absolute Gasteiger partial charge is 0.342 e. The Bertz CT molecular complexity index is 747. The third kappa shape index (κ3) is 3.55. The van der Waals surface area contributed by atoms with Gasteiger partial charge < -0.3 is 4.57 Å². The lowest BCUT2D eigenvalue weighted by atomic mass is 10.0. The first kappa shape index (κ1) is 17.9. The van der Waals surface area contributed by atoms with Crippen LogP contribution in [0.2, 0.25) is 0 Å². The molecule has 24 heavy (non-hydrogen) atoms. The van der Waals surface area contributed by atoms with Crippen molar-refractivity contribution in [2.75, 3.05) is 0 Å². The maximum atomic E-state index is 13.1. The number of aryl methyl sites for hydroxylation is 2.